The minimum Gasteiger partial charge on any atom is -0.489 e. The number of hydrogen-bond acceptors (Lipinski definition) is 2. The lowest BCUT2D eigenvalue weighted by Gasteiger charge is -2.32. The van der Waals surface area contributed by atoms with Crippen LogP contribution in [0.25, 0.3) is 0 Å². The smallest absolute Gasteiger partial charge is 0.143 e. The Kier molecular flexibility index (Phi) is 3.09. The molecule has 0 radical (unpaired) electrons. The maximum absolute atomic E-state index is 6.25. The summed E-state index contributed by atoms with van der Waals surface area (Å²) >= 11 is 9.75. The molecule has 1 aromatic carbocycles. The Balaban J connectivity index is 1.97. The second-order valence-corrected chi connectivity index (χ2v) is 6.29. The molecule has 1 saturated carbocycles. The Morgan fingerprint density at radius 3 is 2.88 bits per heavy atom. The molecule has 3 rings (SSSR count). The first-order valence-corrected chi connectivity index (χ1v) is 7.22. The first-order chi connectivity index (χ1) is 8.13. The standard InChI is InChI=1S/C13H15BrClNO/c1-7-4-12(16-9-2-3-9)10-5-8(14)6-11(15)13(10)17-7/h5-7,9,12,16H,2-4H2,1H3. The molecule has 0 saturated heterocycles. The van der Waals surface area contributed by atoms with Gasteiger partial charge in [-0.2, -0.15) is 0 Å². The maximum Gasteiger partial charge on any atom is 0.143 e. The van der Waals surface area contributed by atoms with Gasteiger partial charge in [-0.15, -0.1) is 0 Å². The highest BCUT2D eigenvalue weighted by Gasteiger charge is 2.32. The molecule has 1 aromatic rings. The molecule has 0 bridgehead atoms. The summed E-state index contributed by atoms with van der Waals surface area (Å²) in [4.78, 5) is 0. The minimum absolute atomic E-state index is 0.220. The van der Waals surface area contributed by atoms with Crippen molar-refractivity contribution in [2.75, 3.05) is 0 Å². The molecule has 2 aliphatic rings. The van der Waals surface area contributed by atoms with Crippen LogP contribution < -0.4 is 10.1 Å². The third-order valence-corrected chi connectivity index (χ3v) is 4.05. The summed E-state index contributed by atoms with van der Waals surface area (Å²) < 4.78 is 6.87. The SMILES string of the molecule is CC1CC(NC2CC2)c2cc(Br)cc(Cl)c2O1. The van der Waals surface area contributed by atoms with E-state index < -0.39 is 0 Å². The second-order valence-electron chi connectivity index (χ2n) is 4.96. The van der Waals surface area contributed by atoms with E-state index in [4.69, 9.17) is 16.3 Å². The van der Waals surface area contributed by atoms with Crippen molar-refractivity contribution in [2.45, 2.75) is 44.4 Å². The molecular formula is C13H15BrClNO. The average Bonchev–Trinajstić information content (AvgIpc) is 3.04. The zero-order valence-electron chi connectivity index (χ0n) is 9.67. The van der Waals surface area contributed by atoms with Crippen LogP contribution in [0.5, 0.6) is 5.75 Å². The lowest BCUT2D eigenvalue weighted by molar-refractivity contribution is 0.166. The molecule has 0 aromatic heterocycles. The molecule has 0 amide bonds. The van der Waals surface area contributed by atoms with Crippen molar-refractivity contribution < 1.29 is 4.74 Å². The number of benzene rings is 1. The van der Waals surface area contributed by atoms with Gasteiger partial charge in [0.1, 0.15) is 5.75 Å². The van der Waals surface area contributed by atoms with Crippen LogP contribution in [-0.2, 0) is 0 Å². The Morgan fingerprint density at radius 1 is 1.41 bits per heavy atom. The van der Waals surface area contributed by atoms with Crippen LogP contribution >= 0.6 is 27.5 Å². The van der Waals surface area contributed by atoms with Gasteiger partial charge in [0.15, 0.2) is 0 Å². The van der Waals surface area contributed by atoms with Crippen molar-refractivity contribution >= 4 is 27.5 Å². The number of ether oxygens (including phenoxy) is 1. The van der Waals surface area contributed by atoms with Crippen LogP contribution in [0, 0.1) is 0 Å². The number of fused-ring (bicyclic) bond motifs is 1. The van der Waals surface area contributed by atoms with Crippen molar-refractivity contribution in [3.63, 3.8) is 0 Å². The van der Waals surface area contributed by atoms with Gasteiger partial charge >= 0.3 is 0 Å². The molecule has 1 aliphatic heterocycles. The van der Waals surface area contributed by atoms with Crippen molar-refractivity contribution in [2.24, 2.45) is 0 Å². The lowest BCUT2D eigenvalue weighted by atomic mass is 9.97. The topological polar surface area (TPSA) is 21.3 Å². The molecule has 1 aliphatic carbocycles. The third-order valence-electron chi connectivity index (χ3n) is 3.31. The maximum atomic E-state index is 6.25. The van der Waals surface area contributed by atoms with E-state index in [1.54, 1.807) is 0 Å². The first kappa shape index (κ1) is 11.8. The highest BCUT2D eigenvalue weighted by molar-refractivity contribution is 9.10. The van der Waals surface area contributed by atoms with Crippen molar-refractivity contribution in [3.8, 4) is 5.75 Å². The van der Waals surface area contributed by atoms with Gasteiger partial charge in [-0.05, 0) is 31.9 Å². The van der Waals surface area contributed by atoms with E-state index >= 15 is 0 Å². The quantitative estimate of drug-likeness (QED) is 0.888. The van der Waals surface area contributed by atoms with Gasteiger partial charge in [0.2, 0.25) is 0 Å². The predicted molar refractivity (Wildman–Crippen MR) is 72.8 cm³/mol. The molecule has 17 heavy (non-hydrogen) atoms. The van der Waals surface area contributed by atoms with E-state index in [-0.39, 0.29) is 6.10 Å². The van der Waals surface area contributed by atoms with Crippen LogP contribution in [0.3, 0.4) is 0 Å². The molecule has 4 heteroatoms. The average molecular weight is 317 g/mol. The van der Waals surface area contributed by atoms with Gasteiger partial charge in [0, 0.05) is 28.5 Å². The molecule has 1 heterocycles. The Labute approximate surface area is 115 Å². The lowest BCUT2D eigenvalue weighted by Crippen LogP contribution is -2.32. The van der Waals surface area contributed by atoms with Crippen LogP contribution in [0.4, 0.5) is 0 Å². The van der Waals surface area contributed by atoms with Gasteiger partial charge in [-0.25, -0.2) is 0 Å². The fourth-order valence-electron chi connectivity index (χ4n) is 2.36. The van der Waals surface area contributed by atoms with E-state index in [0.29, 0.717) is 17.1 Å². The Hall–Kier alpha value is -0.250. The zero-order chi connectivity index (χ0) is 12.0. The van der Waals surface area contributed by atoms with Gasteiger partial charge in [-0.1, -0.05) is 27.5 Å². The van der Waals surface area contributed by atoms with E-state index in [1.165, 1.54) is 18.4 Å². The molecule has 0 spiro atoms. The van der Waals surface area contributed by atoms with Gasteiger partial charge in [-0.3, -0.25) is 0 Å². The summed E-state index contributed by atoms with van der Waals surface area (Å²) in [6.45, 7) is 2.10. The van der Waals surface area contributed by atoms with Crippen LogP contribution in [0.1, 0.15) is 37.8 Å². The van der Waals surface area contributed by atoms with Gasteiger partial charge in [0.25, 0.3) is 0 Å². The minimum atomic E-state index is 0.220. The number of hydrogen-bond donors (Lipinski definition) is 1. The summed E-state index contributed by atoms with van der Waals surface area (Å²) in [5.41, 5.74) is 1.19. The molecule has 2 unspecified atom stereocenters. The number of nitrogens with one attached hydrogen (secondary N) is 1. The van der Waals surface area contributed by atoms with E-state index in [0.717, 1.165) is 16.6 Å². The zero-order valence-corrected chi connectivity index (χ0v) is 12.0. The molecule has 2 atom stereocenters. The molecule has 1 N–H and O–H groups in total. The predicted octanol–water partition coefficient (Wildman–Crippen LogP) is 4.07. The summed E-state index contributed by atoms with van der Waals surface area (Å²) in [7, 11) is 0. The molecule has 1 fully saturated rings. The van der Waals surface area contributed by atoms with E-state index in [2.05, 4.69) is 34.2 Å². The normalized spacial score (nSPS) is 27.5. The summed E-state index contributed by atoms with van der Waals surface area (Å²) in [6.07, 6.45) is 3.82. The monoisotopic (exact) mass is 315 g/mol. The van der Waals surface area contributed by atoms with Crippen molar-refractivity contribution in [1.29, 1.82) is 0 Å². The number of halogens is 2. The van der Waals surface area contributed by atoms with Crippen LogP contribution in [0.2, 0.25) is 5.02 Å². The fraction of sp³-hybridized carbons (Fsp3) is 0.538. The Bertz CT molecular complexity index is 447. The first-order valence-electron chi connectivity index (χ1n) is 6.05. The highest BCUT2D eigenvalue weighted by Crippen LogP contribution is 2.42. The van der Waals surface area contributed by atoms with Crippen LogP contribution in [0.15, 0.2) is 16.6 Å². The largest absolute Gasteiger partial charge is 0.489 e. The van der Waals surface area contributed by atoms with Crippen LogP contribution in [-0.4, -0.2) is 12.1 Å². The fourth-order valence-corrected chi connectivity index (χ4v) is 3.24. The Morgan fingerprint density at radius 2 is 2.18 bits per heavy atom. The second kappa shape index (κ2) is 4.45. The van der Waals surface area contributed by atoms with Crippen molar-refractivity contribution in [3.05, 3.63) is 27.2 Å². The summed E-state index contributed by atoms with van der Waals surface area (Å²) in [5, 5.41) is 4.37. The van der Waals surface area contributed by atoms with E-state index in [1.807, 2.05) is 6.07 Å². The number of rotatable bonds is 2. The third kappa shape index (κ3) is 2.47. The van der Waals surface area contributed by atoms with Crippen molar-refractivity contribution in [1.82, 2.24) is 5.32 Å². The van der Waals surface area contributed by atoms with Gasteiger partial charge in [0.05, 0.1) is 11.1 Å². The molecule has 2 nitrogen and oxygen atoms in total. The van der Waals surface area contributed by atoms with Gasteiger partial charge < -0.3 is 10.1 Å². The summed E-state index contributed by atoms with van der Waals surface area (Å²) in [5.74, 6) is 0.853. The molecular weight excluding hydrogens is 302 g/mol. The van der Waals surface area contributed by atoms with E-state index in [9.17, 15) is 0 Å². The summed E-state index contributed by atoms with van der Waals surface area (Å²) in [6, 6.07) is 5.08. The molecule has 92 valence electrons. The highest BCUT2D eigenvalue weighted by atomic mass is 79.9.